The molecule has 0 saturated heterocycles. The molecule has 0 radical (unpaired) electrons. The van der Waals surface area contributed by atoms with Crippen molar-refractivity contribution in [3.8, 4) is 0 Å². The molecule has 0 saturated carbocycles. The van der Waals surface area contributed by atoms with Crippen molar-refractivity contribution >= 4 is 16.8 Å². The minimum absolute atomic E-state index is 0.244. The molecule has 0 heterocycles. The molecule has 1 rings (SSSR count). The molecule has 1 aromatic carbocycles. The van der Waals surface area contributed by atoms with Gasteiger partial charge in [-0.05, 0) is 30.5 Å². The van der Waals surface area contributed by atoms with Gasteiger partial charge in [0, 0.05) is 10.6 Å². The Morgan fingerprint density at radius 3 is 2.44 bits per heavy atom. The molecule has 16 heavy (non-hydrogen) atoms. The molecule has 0 aliphatic carbocycles. The summed E-state index contributed by atoms with van der Waals surface area (Å²) >= 11 is 0. The predicted octanol–water partition coefficient (Wildman–Crippen LogP) is 2.38. The summed E-state index contributed by atoms with van der Waals surface area (Å²) in [4.78, 5) is 11.7. The second-order valence-corrected chi connectivity index (χ2v) is 5.20. The number of benzene rings is 1. The Balaban J connectivity index is 3.46. The number of aromatic carboxylic acids is 1. The summed E-state index contributed by atoms with van der Waals surface area (Å²) in [6, 6.07) is 3.35. The van der Waals surface area contributed by atoms with Crippen molar-refractivity contribution in [2.24, 2.45) is 0 Å². The minimum Gasteiger partial charge on any atom is -0.478 e. The van der Waals surface area contributed by atoms with Gasteiger partial charge in [-0.1, -0.05) is 19.9 Å². The maximum absolute atomic E-state index is 11.9. The van der Waals surface area contributed by atoms with Gasteiger partial charge in [0.2, 0.25) is 0 Å². The molecule has 3 nitrogen and oxygen atoms in total. The van der Waals surface area contributed by atoms with Crippen LogP contribution in [-0.2, 0) is 17.2 Å². The fraction of sp³-hybridized carbons (Fsp3) is 0.417. The summed E-state index contributed by atoms with van der Waals surface area (Å²) in [7, 11) is -1.10. The van der Waals surface area contributed by atoms with Gasteiger partial charge in [-0.3, -0.25) is 4.21 Å². The standard InChI is InChI=1S/C12H16O3S/c1-4-9-6-7-10(12(13)14)8(3)11(9)16(15)5-2/h6-7H,4-5H2,1-3H3,(H,13,14)/t16-/m1/s1. The smallest absolute Gasteiger partial charge is 0.335 e. The fourth-order valence-corrected chi connectivity index (χ4v) is 2.96. The molecule has 88 valence electrons. The predicted molar refractivity (Wildman–Crippen MR) is 64.5 cm³/mol. The van der Waals surface area contributed by atoms with E-state index in [1.807, 2.05) is 13.8 Å². The van der Waals surface area contributed by atoms with E-state index in [1.54, 1.807) is 19.1 Å². The Labute approximate surface area is 98.0 Å². The number of aryl methyl sites for hydroxylation is 1. The Morgan fingerprint density at radius 1 is 1.38 bits per heavy atom. The summed E-state index contributed by atoms with van der Waals surface area (Å²) in [5.41, 5.74) is 1.85. The van der Waals surface area contributed by atoms with Crippen molar-refractivity contribution < 1.29 is 14.1 Å². The molecule has 4 heteroatoms. The molecule has 0 unspecified atom stereocenters. The highest BCUT2D eigenvalue weighted by Crippen LogP contribution is 2.23. The average Bonchev–Trinajstić information content (AvgIpc) is 2.26. The largest absolute Gasteiger partial charge is 0.478 e. The second-order valence-electron chi connectivity index (χ2n) is 3.52. The van der Waals surface area contributed by atoms with E-state index in [0.717, 1.165) is 12.0 Å². The third-order valence-corrected chi connectivity index (χ3v) is 4.14. The molecule has 0 aliphatic heterocycles. The van der Waals surface area contributed by atoms with Crippen molar-refractivity contribution in [3.63, 3.8) is 0 Å². The zero-order valence-corrected chi connectivity index (χ0v) is 10.6. The van der Waals surface area contributed by atoms with Gasteiger partial charge < -0.3 is 5.11 Å². The second kappa shape index (κ2) is 5.25. The Bertz CT molecular complexity index is 438. The maximum Gasteiger partial charge on any atom is 0.335 e. The number of carbonyl (C=O) groups is 1. The first-order valence-corrected chi connectivity index (χ1v) is 6.58. The molecule has 0 spiro atoms. The van der Waals surface area contributed by atoms with Crippen LogP contribution in [0.25, 0.3) is 0 Å². The van der Waals surface area contributed by atoms with Crippen LogP contribution in [0.2, 0.25) is 0 Å². The van der Waals surface area contributed by atoms with E-state index in [2.05, 4.69) is 0 Å². The number of rotatable bonds is 4. The lowest BCUT2D eigenvalue weighted by Gasteiger charge is -2.12. The van der Waals surface area contributed by atoms with Gasteiger partial charge in [-0.2, -0.15) is 0 Å². The lowest BCUT2D eigenvalue weighted by molar-refractivity contribution is 0.0696. The van der Waals surface area contributed by atoms with Gasteiger partial charge in [0.05, 0.1) is 16.4 Å². The fourth-order valence-electron chi connectivity index (χ4n) is 1.72. The van der Waals surface area contributed by atoms with Crippen molar-refractivity contribution in [2.75, 3.05) is 5.75 Å². The lowest BCUT2D eigenvalue weighted by Crippen LogP contribution is -2.08. The molecule has 0 amide bonds. The minimum atomic E-state index is -1.10. The summed E-state index contributed by atoms with van der Waals surface area (Å²) < 4.78 is 11.9. The van der Waals surface area contributed by atoms with Crippen LogP contribution in [-0.4, -0.2) is 21.0 Å². The first-order chi connectivity index (χ1) is 7.52. The van der Waals surface area contributed by atoms with Crippen LogP contribution in [0.15, 0.2) is 17.0 Å². The van der Waals surface area contributed by atoms with Crippen LogP contribution in [0.4, 0.5) is 0 Å². The molecular formula is C12H16O3S. The van der Waals surface area contributed by atoms with E-state index in [0.29, 0.717) is 16.2 Å². The van der Waals surface area contributed by atoms with Crippen molar-refractivity contribution in [3.05, 3.63) is 28.8 Å². The zero-order valence-electron chi connectivity index (χ0n) is 9.74. The normalized spacial score (nSPS) is 12.4. The number of carboxylic acid groups (broad SMARTS) is 1. The third-order valence-electron chi connectivity index (χ3n) is 2.59. The highest BCUT2D eigenvalue weighted by Gasteiger charge is 2.16. The van der Waals surface area contributed by atoms with Crippen LogP contribution in [0.3, 0.4) is 0 Å². The van der Waals surface area contributed by atoms with E-state index in [4.69, 9.17) is 5.11 Å². The van der Waals surface area contributed by atoms with Crippen LogP contribution in [0, 0.1) is 6.92 Å². The summed E-state index contributed by atoms with van der Waals surface area (Å²) in [6.07, 6.45) is 0.766. The van der Waals surface area contributed by atoms with Gasteiger partial charge in [0.1, 0.15) is 0 Å². The Morgan fingerprint density at radius 2 is 2.00 bits per heavy atom. The zero-order chi connectivity index (χ0) is 12.3. The maximum atomic E-state index is 11.9. The molecule has 0 aliphatic rings. The first-order valence-electron chi connectivity index (χ1n) is 5.27. The van der Waals surface area contributed by atoms with E-state index in [1.165, 1.54) is 0 Å². The average molecular weight is 240 g/mol. The molecule has 1 aromatic rings. The third kappa shape index (κ3) is 2.32. The molecule has 0 aromatic heterocycles. The van der Waals surface area contributed by atoms with Gasteiger partial charge in [-0.15, -0.1) is 0 Å². The quantitative estimate of drug-likeness (QED) is 0.879. The van der Waals surface area contributed by atoms with E-state index >= 15 is 0 Å². The highest BCUT2D eigenvalue weighted by molar-refractivity contribution is 7.85. The van der Waals surface area contributed by atoms with Gasteiger partial charge in [0.25, 0.3) is 0 Å². The number of hydrogen-bond acceptors (Lipinski definition) is 2. The van der Waals surface area contributed by atoms with E-state index in [-0.39, 0.29) is 5.56 Å². The summed E-state index contributed by atoms with van der Waals surface area (Å²) in [6.45, 7) is 5.54. The molecule has 1 atom stereocenters. The topological polar surface area (TPSA) is 54.4 Å². The summed E-state index contributed by atoms with van der Waals surface area (Å²) in [5, 5.41) is 9.01. The molecule has 0 bridgehead atoms. The van der Waals surface area contributed by atoms with Crippen LogP contribution < -0.4 is 0 Å². The Hall–Kier alpha value is -1.16. The van der Waals surface area contributed by atoms with Crippen LogP contribution in [0.1, 0.15) is 35.3 Å². The number of hydrogen-bond donors (Lipinski definition) is 1. The highest BCUT2D eigenvalue weighted by atomic mass is 32.2. The van der Waals surface area contributed by atoms with Gasteiger partial charge in [0.15, 0.2) is 0 Å². The van der Waals surface area contributed by atoms with Crippen molar-refractivity contribution in [1.29, 1.82) is 0 Å². The summed E-state index contributed by atoms with van der Waals surface area (Å²) in [5.74, 6) is -0.453. The first kappa shape index (κ1) is 12.9. The monoisotopic (exact) mass is 240 g/mol. The van der Waals surface area contributed by atoms with Gasteiger partial charge in [-0.25, -0.2) is 4.79 Å². The van der Waals surface area contributed by atoms with Crippen LogP contribution >= 0.6 is 0 Å². The molecule has 0 fully saturated rings. The SMILES string of the molecule is CCc1ccc(C(=O)O)c(C)c1[S@](=O)CC. The van der Waals surface area contributed by atoms with Crippen LogP contribution in [0.5, 0.6) is 0 Å². The molecule has 1 N–H and O–H groups in total. The number of carboxylic acids is 1. The molecular weight excluding hydrogens is 224 g/mol. The van der Waals surface area contributed by atoms with Crippen molar-refractivity contribution in [2.45, 2.75) is 32.1 Å². The van der Waals surface area contributed by atoms with Crippen molar-refractivity contribution in [1.82, 2.24) is 0 Å². The van der Waals surface area contributed by atoms with E-state index < -0.39 is 16.8 Å². The van der Waals surface area contributed by atoms with Gasteiger partial charge >= 0.3 is 5.97 Å². The Kier molecular flexibility index (Phi) is 4.24. The lowest BCUT2D eigenvalue weighted by atomic mass is 10.0. The van der Waals surface area contributed by atoms with E-state index in [9.17, 15) is 9.00 Å².